The van der Waals surface area contributed by atoms with Crippen LogP contribution in [0, 0.1) is 11.7 Å². The van der Waals surface area contributed by atoms with Crippen LogP contribution in [-0.4, -0.2) is 48.3 Å². The number of carbonyl (C=O) groups excluding carboxylic acids is 2. The molecule has 11 heteroatoms. The second-order valence-electron chi connectivity index (χ2n) is 11.4. The summed E-state index contributed by atoms with van der Waals surface area (Å²) >= 11 is 6.08. The maximum atomic E-state index is 14.0. The van der Waals surface area contributed by atoms with Gasteiger partial charge in [-0.15, -0.1) is 0 Å². The van der Waals surface area contributed by atoms with Crippen LogP contribution in [0.4, 0.5) is 4.39 Å². The van der Waals surface area contributed by atoms with E-state index >= 15 is 0 Å². The van der Waals surface area contributed by atoms with Crippen molar-refractivity contribution in [3.8, 4) is 28.5 Å². The van der Waals surface area contributed by atoms with Gasteiger partial charge in [0.15, 0.2) is 11.5 Å². The molecule has 2 heterocycles. The number of aliphatic hydroxyl groups is 1. The van der Waals surface area contributed by atoms with Gasteiger partial charge in [-0.3, -0.25) is 9.59 Å². The van der Waals surface area contributed by atoms with E-state index in [2.05, 4.69) is 5.32 Å². The van der Waals surface area contributed by atoms with Gasteiger partial charge < -0.3 is 30.4 Å². The normalized spacial score (nSPS) is 20.7. The Labute approximate surface area is 247 Å². The van der Waals surface area contributed by atoms with Crippen LogP contribution in [0.3, 0.4) is 0 Å². The van der Waals surface area contributed by atoms with Crippen molar-refractivity contribution in [2.75, 3.05) is 20.3 Å². The molecule has 1 aromatic heterocycles. The first-order chi connectivity index (χ1) is 20.0. The van der Waals surface area contributed by atoms with Gasteiger partial charge in [0, 0.05) is 16.7 Å². The first-order valence-electron chi connectivity index (χ1n) is 13.8. The van der Waals surface area contributed by atoms with Gasteiger partial charge in [-0.25, -0.2) is 9.37 Å². The molecule has 3 aromatic rings. The second-order valence-corrected chi connectivity index (χ2v) is 11.8. The van der Waals surface area contributed by atoms with Gasteiger partial charge in [0.1, 0.15) is 34.9 Å². The second kappa shape index (κ2) is 10.4. The van der Waals surface area contributed by atoms with Crippen molar-refractivity contribution >= 4 is 23.4 Å². The van der Waals surface area contributed by atoms with E-state index in [0.717, 1.165) is 12.8 Å². The van der Waals surface area contributed by atoms with Crippen LogP contribution in [0.1, 0.15) is 54.2 Å². The van der Waals surface area contributed by atoms with Gasteiger partial charge >= 0.3 is 0 Å². The summed E-state index contributed by atoms with van der Waals surface area (Å²) in [7, 11) is 1.51. The average molecular weight is 596 g/mol. The fourth-order valence-electron chi connectivity index (χ4n) is 5.24. The van der Waals surface area contributed by atoms with Crippen LogP contribution < -0.4 is 25.3 Å². The van der Waals surface area contributed by atoms with Crippen LogP contribution in [0.15, 0.2) is 42.5 Å². The molecule has 4 N–H and O–H groups in total. The van der Waals surface area contributed by atoms with Crippen molar-refractivity contribution in [2.24, 2.45) is 11.7 Å². The molecule has 2 atom stereocenters. The third-order valence-corrected chi connectivity index (χ3v) is 8.56. The molecule has 2 fully saturated rings. The number of primary amides is 1. The number of hydrogen-bond donors (Lipinski definition) is 3. The number of benzene rings is 2. The molecule has 0 spiro atoms. The molecule has 2 amide bonds. The quantitative estimate of drug-likeness (QED) is 0.319. The van der Waals surface area contributed by atoms with Gasteiger partial charge in [-0.2, -0.15) is 0 Å². The smallest absolute Gasteiger partial charge is 0.251 e. The molecule has 6 rings (SSSR count). The van der Waals surface area contributed by atoms with E-state index in [1.165, 1.54) is 25.3 Å². The minimum absolute atomic E-state index is 0.0222. The highest BCUT2D eigenvalue weighted by molar-refractivity contribution is 6.31. The molecule has 220 valence electrons. The summed E-state index contributed by atoms with van der Waals surface area (Å²) in [5.74, 6) is -0.487. The summed E-state index contributed by atoms with van der Waals surface area (Å²) in [6.45, 7) is 1.49. The van der Waals surface area contributed by atoms with Gasteiger partial charge in [0.25, 0.3) is 5.91 Å². The molecular weight excluding hydrogens is 565 g/mol. The van der Waals surface area contributed by atoms with Gasteiger partial charge in [0.2, 0.25) is 5.91 Å². The molecule has 3 aliphatic rings. The summed E-state index contributed by atoms with van der Waals surface area (Å²) in [6.07, 6.45) is 3.58. The van der Waals surface area contributed by atoms with Crippen molar-refractivity contribution in [3.63, 3.8) is 0 Å². The zero-order valence-corrected chi connectivity index (χ0v) is 24.0. The number of ether oxygens (including phenoxy) is 3. The first-order valence-corrected chi connectivity index (χ1v) is 14.2. The highest BCUT2D eigenvalue weighted by Gasteiger charge is 2.50. The summed E-state index contributed by atoms with van der Waals surface area (Å²) in [5, 5.41) is 14.9. The predicted octanol–water partition coefficient (Wildman–Crippen LogP) is 4.25. The van der Waals surface area contributed by atoms with Gasteiger partial charge in [-0.1, -0.05) is 11.6 Å². The van der Waals surface area contributed by atoms with E-state index in [4.69, 9.17) is 36.5 Å². The number of amides is 2. The molecule has 0 saturated heterocycles. The van der Waals surface area contributed by atoms with Crippen LogP contribution in [-0.2, 0) is 15.8 Å². The number of hydrogen-bond acceptors (Lipinski definition) is 7. The Morgan fingerprint density at radius 1 is 1.19 bits per heavy atom. The highest BCUT2D eigenvalue weighted by Crippen LogP contribution is 2.50. The van der Waals surface area contributed by atoms with E-state index < -0.39 is 28.6 Å². The fourth-order valence-corrected chi connectivity index (χ4v) is 5.42. The minimum Gasteiger partial charge on any atom is -0.493 e. The monoisotopic (exact) mass is 595 g/mol. The maximum Gasteiger partial charge on any atom is 0.251 e. The lowest BCUT2D eigenvalue weighted by atomic mass is 9.81. The van der Waals surface area contributed by atoms with Crippen LogP contribution >= 0.6 is 11.6 Å². The van der Waals surface area contributed by atoms with Crippen molar-refractivity contribution in [3.05, 3.63) is 70.1 Å². The Balaban J connectivity index is 1.35. The molecule has 1 aliphatic heterocycles. The average Bonchev–Trinajstić information content (AvgIpc) is 3.92. The predicted molar refractivity (Wildman–Crippen MR) is 152 cm³/mol. The molecule has 2 saturated carbocycles. The lowest BCUT2D eigenvalue weighted by molar-refractivity contribution is -0.123. The van der Waals surface area contributed by atoms with E-state index in [9.17, 15) is 19.1 Å². The van der Waals surface area contributed by atoms with Crippen molar-refractivity contribution < 1.29 is 33.3 Å². The standard InChI is InChI=1S/C31H31ClFN3O6/c1-30(29(34)38)15-41-27-20(30)13-25(36-26(27)16-3-9-22(33)21(32)11-16)31(39,18-5-6-18)14-35-28(37)17-4-10-23(24(12-17)40-2)42-19-7-8-19/h3-4,9-13,18-19,39H,5-8,14-15H2,1-2H3,(H2,34,38)(H,35,37)/t30-,31+/m0/s1. The van der Waals surface area contributed by atoms with Crippen molar-refractivity contribution in [1.29, 1.82) is 0 Å². The Morgan fingerprint density at radius 3 is 2.60 bits per heavy atom. The molecular formula is C31H31ClFN3O6. The Hall–Kier alpha value is -3.89. The number of nitrogens with zero attached hydrogens (tertiary/aromatic N) is 1. The SMILES string of the molecule is COc1cc(C(=O)NC[C@](O)(c2cc3c(c(-c4ccc(F)c(Cl)c4)n2)OC[C@]3(C)C(N)=O)C2CC2)ccc1OC1CC1. The van der Waals surface area contributed by atoms with Crippen LogP contribution in [0.5, 0.6) is 17.2 Å². The lowest BCUT2D eigenvalue weighted by Crippen LogP contribution is -2.44. The summed E-state index contributed by atoms with van der Waals surface area (Å²) in [5.41, 5.74) is 4.78. The zero-order valence-electron chi connectivity index (χ0n) is 23.2. The Kier molecular flexibility index (Phi) is 7.01. The van der Waals surface area contributed by atoms with Crippen LogP contribution in [0.2, 0.25) is 5.02 Å². The molecule has 0 unspecified atom stereocenters. The lowest BCUT2D eigenvalue weighted by Gasteiger charge is -2.30. The first kappa shape index (κ1) is 28.2. The number of rotatable bonds is 10. The van der Waals surface area contributed by atoms with Crippen LogP contribution in [0.25, 0.3) is 11.3 Å². The number of halogens is 2. The zero-order chi connectivity index (χ0) is 29.8. The fraction of sp³-hybridized carbons (Fsp3) is 0.387. The Bertz CT molecular complexity index is 1590. The van der Waals surface area contributed by atoms with Crippen molar-refractivity contribution in [2.45, 2.75) is 49.7 Å². The number of nitrogens with two attached hydrogens (primary N) is 1. The molecule has 9 nitrogen and oxygen atoms in total. The number of pyridine rings is 1. The summed E-state index contributed by atoms with van der Waals surface area (Å²) in [4.78, 5) is 30.6. The summed E-state index contributed by atoms with van der Waals surface area (Å²) in [6, 6.07) is 10.7. The number of aromatic nitrogens is 1. The molecule has 2 aliphatic carbocycles. The molecule has 2 aromatic carbocycles. The van der Waals surface area contributed by atoms with E-state index in [0.29, 0.717) is 46.8 Å². The minimum atomic E-state index is -1.58. The third kappa shape index (κ3) is 5.03. The molecule has 0 bridgehead atoms. The van der Waals surface area contributed by atoms with E-state index in [1.807, 2.05) is 0 Å². The largest absolute Gasteiger partial charge is 0.493 e. The number of methoxy groups -OCH3 is 1. The van der Waals surface area contributed by atoms with Gasteiger partial charge in [0.05, 0.1) is 30.5 Å². The topological polar surface area (TPSA) is 133 Å². The van der Waals surface area contributed by atoms with E-state index in [1.54, 1.807) is 31.2 Å². The Morgan fingerprint density at radius 2 is 1.95 bits per heavy atom. The number of fused-ring (bicyclic) bond motifs is 1. The number of nitrogens with one attached hydrogen (secondary N) is 1. The summed E-state index contributed by atoms with van der Waals surface area (Å²) < 4.78 is 31.2. The van der Waals surface area contributed by atoms with Crippen molar-refractivity contribution in [1.82, 2.24) is 10.3 Å². The highest BCUT2D eigenvalue weighted by atomic mass is 35.5. The van der Waals surface area contributed by atoms with E-state index in [-0.39, 0.29) is 41.6 Å². The third-order valence-electron chi connectivity index (χ3n) is 8.27. The maximum absolute atomic E-state index is 14.0. The molecule has 42 heavy (non-hydrogen) atoms. The van der Waals surface area contributed by atoms with Gasteiger partial charge in [-0.05, 0) is 81.0 Å². The molecule has 0 radical (unpaired) electrons. The number of carbonyl (C=O) groups is 2.